The van der Waals surface area contributed by atoms with Gasteiger partial charge in [0.2, 0.25) is 0 Å². The van der Waals surface area contributed by atoms with E-state index in [1.165, 1.54) is 0 Å². The molecule has 2 aromatic carbocycles. The minimum absolute atomic E-state index is 0.0449. The number of aryl methyl sites for hydroxylation is 1. The lowest BCUT2D eigenvalue weighted by molar-refractivity contribution is -0.110. The molecule has 2 aromatic heterocycles. The molecule has 6 rings (SSSR count). The van der Waals surface area contributed by atoms with E-state index in [-0.39, 0.29) is 11.8 Å². The summed E-state index contributed by atoms with van der Waals surface area (Å²) >= 11 is 0. The van der Waals surface area contributed by atoms with Crippen LogP contribution in [0.5, 0.6) is 0 Å². The van der Waals surface area contributed by atoms with Crippen molar-refractivity contribution < 1.29 is 9.59 Å². The molecule has 8 heteroatoms. The Morgan fingerprint density at radius 3 is 2.46 bits per heavy atom. The number of likely N-dealkylation sites (N-methyl/N-ethyl adjacent to an activating group) is 1. The summed E-state index contributed by atoms with van der Waals surface area (Å²) in [6.45, 7) is 9.09. The number of benzene rings is 2. The number of fused-ring (bicyclic) bond motifs is 1. The maximum atomic E-state index is 13.4. The lowest BCUT2D eigenvalue weighted by Gasteiger charge is -2.32. The molecule has 2 aliphatic heterocycles. The van der Waals surface area contributed by atoms with Crippen LogP contribution in [0.1, 0.15) is 38.6 Å². The average Bonchev–Trinajstić information content (AvgIpc) is 3.56. The van der Waals surface area contributed by atoms with E-state index in [0.29, 0.717) is 24.2 Å². The van der Waals surface area contributed by atoms with E-state index in [1.54, 1.807) is 0 Å². The van der Waals surface area contributed by atoms with Crippen molar-refractivity contribution in [1.82, 2.24) is 24.6 Å². The number of rotatable bonds is 4. The Morgan fingerprint density at radius 2 is 1.72 bits per heavy atom. The largest absolute Gasteiger partial charge is 0.358 e. The van der Waals surface area contributed by atoms with Gasteiger partial charge in [0.1, 0.15) is 0 Å². The molecule has 2 N–H and O–H groups in total. The summed E-state index contributed by atoms with van der Waals surface area (Å²) in [5.41, 5.74) is 9.36. The third-order valence-corrected chi connectivity index (χ3v) is 7.89. The van der Waals surface area contributed by atoms with E-state index in [4.69, 9.17) is 0 Å². The summed E-state index contributed by atoms with van der Waals surface area (Å²) in [6, 6.07) is 16.0. The molecular formula is C31H32N6O2. The van der Waals surface area contributed by atoms with Crippen LogP contribution in [-0.4, -0.2) is 69.6 Å². The predicted molar refractivity (Wildman–Crippen MR) is 154 cm³/mol. The van der Waals surface area contributed by atoms with Gasteiger partial charge in [0, 0.05) is 60.1 Å². The van der Waals surface area contributed by atoms with Gasteiger partial charge in [-0.2, -0.15) is 5.10 Å². The van der Waals surface area contributed by atoms with Crippen LogP contribution in [0.4, 0.5) is 5.69 Å². The number of carbonyl (C=O) groups is 2. The van der Waals surface area contributed by atoms with Crippen LogP contribution in [0, 0.1) is 20.8 Å². The summed E-state index contributed by atoms with van der Waals surface area (Å²) in [6.07, 6.45) is 3.74. The highest BCUT2D eigenvalue weighted by molar-refractivity contribution is 6.35. The fourth-order valence-electron chi connectivity index (χ4n) is 5.57. The van der Waals surface area contributed by atoms with Crippen molar-refractivity contribution in [2.45, 2.75) is 20.8 Å². The zero-order chi connectivity index (χ0) is 27.3. The van der Waals surface area contributed by atoms with Gasteiger partial charge in [0.15, 0.2) is 0 Å². The fourth-order valence-corrected chi connectivity index (χ4v) is 5.57. The smallest absolute Gasteiger partial charge is 0.256 e. The SMILES string of the molecule is Cc1[nH]c(C=C2C(=O)Nc3ccc(-c4cnn(-c5ccccc5)c4C)cc32)c(C)c1C(=O)N1CCN(C)CC1. The maximum absolute atomic E-state index is 13.4. The number of hydrogen-bond acceptors (Lipinski definition) is 4. The molecule has 1 fully saturated rings. The van der Waals surface area contributed by atoms with Gasteiger partial charge in [0.05, 0.1) is 23.0 Å². The molecule has 2 aliphatic rings. The molecule has 0 saturated carbocycles. The number of carbonyl (C=O) groups excluding carboxylic acids is 2. The second-order valence-corrected chi connectivity index (χ2v) is 10.4. The van der Waals surface area contributed by atoms with Crippen LogP contribution in [0.3, 0.4) is 0 Å². The Kier molecular flexibility index (Phi) is 6.19. The van der Waals surface area contributed by atoms with Crippen LogP contribution in [0.15, 0.2) is 54.7 Å². The van der Waals surface area contributed by atoms with Crippen LogP contribution in [-0.2, 0) is 4.79 Å². The molecule has 0 spiro atoms. The second kappa shape index (κ2) is 9.71. The first-order valence-electron chi connectivity index (χ1n) is 13.3. The maximum Gasteiger partial charge on any atom is 0.256 e. The third-order valence-electron chi connectivity index (χ3n) is 7.89. The number of H-pyrrole nitrogens is 1. The lowest BCUT2D eigenvalue weighted by atomic mass is 9.98. The molecule has 0 bridgehead atoms. The molecule has 0 aliphatic carbocycles. The molecule has 1 saturated heterocycles. The van der Waals surface area contributed by atoms with E-state index in [2.05, 4.69) is 27.3 Å². The van der Waals surface area contributed by atoms with Crippen molar-refractivity contribution in [2.24, 2.45) is 0 Å². The number of hydrogen-bond donors (Lipinski definition) is 2. The molecule has 0 radical (unpaired) electrons. The highest BCUT2D eigenvalue weighted by Gasteiger charge is 2.28. The Balaban J connectivity index is 1.34. The number of para-hydroxylation sites is 1. The molecular weight excluding hydrogens is 488 g/mol. The van der Waals surface area contributed by atoms with Gasteiger partial charge >= 0.3 is 0 Å². The average molecular weight is 521 g/mol. The quantitative estimate of drug-likeness (QED) is 0.383. The number of aromatic amines is 1. The minimum atomic E-state index is -0.155. The summed E-state index contributed by atoms with van der Waals surface area (Å²) in [5, 5.41) is 7.61. The van der Waals surface area contributed by atoms with Crippen molar-refractivity contribution in [3.05, 3.63) is 88.5 Å². The first-order valence-corrected chi connectivity index (χ1v) is 13.3. The Bertz CT molecular complexity index is 1620. The zero-order valence-corrected chi connectivity index (χ0v) is 22.7. The number of piperazine rings is 1. The fraction of sp³-hybridized carbons (Fsp3) is 0.258. The number of nitrogens with zero attached hydrogens (tertiary/aromatic N) is 4. The number of anilines is 1. The van der Waals surface area contributed by atoms with Crippen LogP contribution < -0.4 is 5.32 Å². The van der Waals surface area contributed by atoms with Crippen molar-refractivity contribution in [3.63, 3.8) is 0 Å². The summed E-state index contributed by atoms with van der Waals surface area (Å²) in [4.78, 5) is 34.0. The summed E-state index contributed by atoms with van der Waals surface area (Å²) in [7, 11) is 2.07. The third kappa shape index (κ3) is 4.36. The Morgan fingerprint density at radius 1 is 0.974 bits per heavy atom. The molecule has 2 amide bonds. The topological polar surface area (TPSA) is 86.3 Å². The van der Waals surface area contributed by atoms with Gasteiger partial charge < -0.3 is 20.1 Å². The van der Waals surface area contributed by atoms with E-state index in [0.717, 1.165) is 63.8 Å². The predicted octanol–water partition coefficient (Wildman–Crippen LogP) is 4.67. The highest BCUT2D eigenvalue weighted by Crippen LogP contribution is 2.38. The standard InChI is InChI=1S/C31H32N6O2/c1-19-28(33-20(2)29(19)31(39)36-14-12-35(4)13-15-36)17-25-24-16-22(10-11-27(24)34-30(25)38)26-18-32-37(21(26)3)23-8-6-5-7-9-23/h5-11,16-18,33H,12-15H2,1-4H3,(H,34,38). The molecule has 198 valence electrons. The molecule has 39 heavy (non-hydrogen) atoms. The zero-order valence-electron chi connectivity index (χ0n) is 22.7. The minimum Gasteiger partial charge on any atom is -0.358 e. The van der Waals surface area contributed by atoms with E-state index < -0.39 is 0 Å². The Hall–Kier alpha value is -4.43. The van der Waals surface area contributed by atoms with Crippen molar-refractivity contribution >= 4 is 29.2 Å². The second-order valence-electron chi connectivity index (χ2n) is 10.4. The first kappa shape index (κ1) is 24.9. The molecule has 8 nitrogen and oxygen atoms in total. The van der Waals surface area contributed by atoms with Gasteiger partial charge in [0.25, 0.3) is 11.8 Å². The first-order chi connectivity index (χ1) is 18.8. The molecule has 4 heterocycles. The number of aromatic nitrogens is 3. The van der Waals surface area contributed by atoms with Crippen molar-refractivity contribution in [2.75, 3.05) is 38.5 Å². The Labute approximate surface area is 227 Å². The van der Waals surface area contributed by atoms with Gasteiger partial charge in [-0.1, -0.05) is 24.3 Å². The van der Waals surface area contributed by atoms with E-state index in [9.17, 15) is 9.59 Å². The molecule has 4 aromatic rings. The number of amides is 2. The monoisotopic (exact) mass is 520 g/mol. The summed E-state index contributed by atoms with van der Waals surface area (Å²) in [5.74, 6) is -0.110. The lowest BCUT2D eigenvalue weighted by Crippen LogP contribution is -2.47. The van der Waals surface area contributed by atoms with Gasteiger partial charge in [-0.15, -0.1) is 0 Å². The van der Waals surface area contributed by atoms with Crippen molar-refractivity contribution in [1.29, 1.82) is 0 Å². The number of nitrogens with one attached hydrogen (secondary N) is 2. The normalized spacial score (nSPS) is 16.6. The van der Waals surface area contributed by atoms with Gasteiger partial charge in [-0.3, -0.25) is 9.59 Å². The van der Waals surface area contributed by atoms with E-state index in [1.807, 2.05) is 91.2 Å². The van der Waals surface area contributed by atoms with Crippen molar-refractivity contribution in [3.8, 4) is 16.8 Å². The van der Waals surface area contributed by atoms with E-state index >= 15 is 0 Å². The van der Waals surface area contributed by atoms with Crippen LogP contribution in [0.25, 0.3) is 28.5 Å². The molecule has 0 unspecified atom stereocenters. The van der Waals surface area contributed by atoms with Crippen LogP contribution >= 0.6 is 0 Å². The van der Waals surface area contributed by atoms with Gasteiger partial charge in [-0.25, -0.2) is 4.68 Å². The van der Waals surface area contributed by atoms with Crippen LogP contribution in [0.2, 0.25) is 0 Å². The summed E-state index contributed by atoms with van der Waals surface area (Å²) < 4.78 is 1.92. The molecule has 0 atom stereocenters. The highest BCUT2D eigenvalue weighted by atomic mass is 16.2. The van der Waals surface area contributed by atoms with Gasteiger partial charge in [-0.05, 0) is 69.3 Å².